The molecule has 1 saturated carbocycles. The molecule has 0 saturated heterocycles. The van der Waals surface area contributed by atoms with E-state index in [0.29, 0.717) is 6.54 Å². The monoisotopic (exact) mass is 198 g/mol. The smallest absolute Gasteiger partial charge is 0.226 e. The maximum Gasteiger partial charge on any atom is 0.226 e. The third kappa shape index (κ3) is 2.47. The lowest BCUT2D eigenvalue weighted by molar-refractivity contribution is -0.131. The third-order valence-corrected chi connectivity index (χ3v) is 3.22. The predicted octanol–water partition coefficient (Wildman–Crippen LogP) is 1.42. The fourth-order valence-corrected chi connectivity index (χ4v) is 1.89. The first-order valence-corrected chi connectivity index (χ1v) is 5.42. The lowest BCUT2D eigenvalue weighted by Crippen LogP contribution is -2.52. The molecule has 0 aromatic carbocycles. The molecule has 0 spiro atoms. The van der Waals surface area contributed by atoms with E-state index in [1.807, 2.05) is 13.8 Å². The summed E-state index contributed by atoms with van der Waals surface area (Å²) in [5, 5.41) is 3.02. The topological polar surface area (TPSA) is 55.1 Å². The summed E-state index contributed by atoms with van der Waals surface area (Å²) >= 11 is 0. The fraction of sp³-hybridized carbons (Fsp3) is 0.909. The molecule has 1 rings (SSSR count). The van der Waals surface area contributed by atoms with Crippen LogP contribution in [-0.4, -0.2) is 18.0 Å². The largest absolute Gasteiger partial charge is 0.349 e. The molecule has 0 unspecified atom stereocenters. The summed E-state index contributed by atoms with van der Waals surface area (Å²) < 4.78 is 0. The summed E-state index contributed by atoms with van der Waals surface area (Å²) in [5.41, 5.74) is 5.16. The second-order valence-corrected chi connectivity index (χ2v) is 5.31. The van der Waals surface area contributed by atoms with Gasteiger partial charge in [0.25, 0.3) is 0 Å². The van der Waals surface area contributed by atoms with Crippen LogP contribution in [0.2, 0.25) is 0 Å². The average molecular weight is 198 g/mol. The Balaban J connectivity index is 2.57. The van der Waals surface area contributed by atoms with Crippen LogP contribution in [0.3, 0.4) is 0 Å². The van der Waals surface area contributed by atoms with E-state index in [1.165, 1.54) is 12.8 Å². The second kappa shape index (κ2) is 3.89. The van der Waals surface area contributed by atoms with Gasteiger partial charge in [0.1, 0.15) is 0 Å². The van der Waals surface area contributed by atoms with Crippen LogP contribution >= 0.6 is 0 Å². The Morgan fingerprint density at radius 2 is 1.93 bits per heavy atom. The van der Waals surface area contributed by atoms with Gasteiger partial charge in [0, 0.05) is 17.5 Å². The Hall–Kier alpha value is -0.570. The predicted molar refractivity (Wildman–Crippen MR) is 57.9 cm³/mol. The quantitative estimate of drug-likeness (QED) is 0.720. The van der Waals surface area contributed by atoms with Gasteiger partial charge in [-0.05, 0) is 26.7 Å². The molecule has 1 aliphatic carbocycles. The van der Waals surface area contributed by atoms with Crippen LogP contribution in [0.5, 0.6) is 0 Å². The Kier molecular flexibility index (Phi) is 3.20. The molecule has 0 bridgehead atoms. The number of nitrogens with two attached hydrogens (primary N) is 1. The van der Waals surface area contributed by atoms with E-state index in [4.69, 9.17) is 5.73 Å². The summed E-state index contributed by atoms with van der Waals surface area (Å²) in [6.07, 6.45) is 4.37. The number of carbonyl (C=O) groups is 1. The number of hydrogen-bond donors (Lipinski definition) is 2. The van der Waals surface area contributed by atoms with Crippen molar-refractivity contribution in [2.75, 3.05) is 6.54 Å². The molecule has 3 nitrogen and oxygen atoms in total. The Morgan fingerprint density at radius 3 is 2.36 bits per heavy atom. The van der Waals surface area contributed by atoms with Gasteiger partial charge in [-0.25, -0.2) is 0 Å². The van der Waals surface area contributed by atoms with Crippen molar-refractivity contribution in [3.05, 3.63) is 0 Å². The second-order valence-electron chi connectivity index (χ2n) is 5.31. The number of nitrogens with one attached hydrogen (secondary N) is 1. The van der Waals surface area contributed by atoms with Crippen molar-refractivity contribution in [3.63, 3.8) is 0 Å². The van der Waals surface area contributed by atoms with Crippen molar-refractivity contribution in [2.45, 2.75) is 52.0 Å². The van der Waals surface area contributed by atoms with E-state index >= 15 is 0 Å². The first-order valence-electron chi connectivity index (χ1n) is 5.42. The summed E-state index contributed by atoms with van der Waals surface area (Å²) in [6.45, 7) is 6.46. The molecule has 0 aliphatic heterocycles. The third-order valence-electron chi connectivity index (χ3n) is 3.22. The van der Waals surface area contributed by atoms with Crippen LogP contribution in [0.4, 0.5) is 0 Å². The zero-order chi connectivity index (χ0) is 10.8. The number of hydrogen-bond acceptors (Lipinski definition) is 2. The molecular weight excluding hydrogens is 176 g/mol. The van der Waals surface area contributed by atoms with Gasteiger partial charge in [-0.15, -0.1) is 0 Å². The van der Waals surface area contributed by atoms with Gasteiger partial charge in [0.05, 0.1) is 0 Å². The highest BCUT2D eigenvalue weighted by atomic mass is 16.2. The molecular formula is C11H22N2O. The SMILES string of the molecule is CC(C)(CN)NC(=O)C1(C)CCCC1. The molecule has 82 valence electrons. The zero-order valence-corrected chi connectivity index (χ0v) is 9.52. The first-order chi connectivity index (χ1) is 6.40. The minimum Gasteiger partial charge on any atom is -0.349 e. The minimum atomic E-state index is -0.275. The van der Waals surface area contributed by atoms with Gasteiger partial charge < -0.3 is 11.1 Å². The van der Waals surface area contributed by atoms with Crippen molar-refractivity contribution < 1.29 is 4.79 Å². The van der Waals surface area contributed by atoms with Crippen molar-refractivity contribution >= 4 is 5.91 Å². The summed E-state index contributed by atoms with van der Waals surface area (Å²) in [6, 6.07) is 0. The van der Waals surface area contributed by atoms with Crippen molar-refractivity contribution in [2.24, 2.45) is 11.1 Å². The number of rotatable bonds is 3. The van der Waals surface area contributed by atoms with Crippen LogP contribution in [-0.2, 0) is 4.79 Å². The van der Waals surface area contributed by atoms with Gasteiger partial charge in [-0.3, -0.25) is 4.79 Å². The lowest BCUT2D eigenvalue weighted by Gasteiger charge is -2.30. The standard InChI is InChI=1S/C11H22N2O/c1-10(2,8-12)13-9(14)11(3)6-4-5-7-11/h4-8,12H2,1-3H3,(H,13,14). The molecule has 1 fully saturated rings. The summed E-state index contributed by atoms with van der Waals surface area (Å²) in [7, 11) is 0. The highest BCUT2D eigenvalue weighted by Crippen LogP contribution is 2.37. The molecule has 0 aromatic rings. The van der Waals surface area contributed by atoms with Crippen LogP contribution in [0.25, 0.3) is 0 Å². The van der Waals surface area contributed by atoms with E-state index in [9.17, 15) is 4.79 Å². The maximum absolute atomic E-state index is 12.0. The van der Waals surface area contributed by atoms with E-state index in [-0.39, 0.29) is 16.9 Å². The molecule has 0 aromatic heterocycles. The van der Waals surface area contributed by atoms with Gasteiger partial charge >= 0.3 is 0 Å². The van der Waals surface area contributed by atoms with Gasteiger partial charge in [-0.1, -0.05) is 19.8 Å². The first kappa shape index (κ1) is 11.5. The Labute approximate surface area is 86.4 Å². The van der Waals surface area contributed by atoms with Gasteiger partial charge in [0.2, 0.25) is 5.91 Å². The molecule has 14 heavy (non-hydrogen) atoms. The van der Waals surface area contributed by atoms with Crippen LogP contribution in [0.15, 0.2) is 0 Å². The lowest BCUT2D eigenvalue weighted by atomic mass is 9.86. The molecule has 0 heterocycles. The number of carbonyl (C=O) groups excluding carboxylic acids is 1. The van der Waals surface area contributed by atoms with E-state index in [1.54, 1.807) is 0 Å². The van der Waals surface area contributed by atoms with Crippen molar-refractivity contribution in [1.82, 2.24) is 5.32 Å². The average Bonchev–Trinajstić information content (AvgIpc) is 2.53. The van der Waals surface area contributed by atoms with E-state index in [2.05, 4.69) is 12.2 Å². The minimum absolute atomic E-state index is 0.146. The fourth-order valence-electron chi connectivity index (χ4n) is 1.89. The normalized spacial score (nSPS) is 20.9. The van der Waals surface area contributed by atoms with Gasteiger partial charge in [-0.2, -0.15) is 0 Å². The summed E-state index contributed by atoms with van der Waals surface area (Å²) in [4.78, 5) is 12.0. The molecule has 0 atom stereocenters. The van der Waals surface area contributed by atoms with Crippen molar-refractivity contribution in [3.8, 4) is 0 Å². The molecule has 1 amide bonds. The maximum atomic E-state index is 12.0. The van der Waals surface area contributed by atoms with Crippen molar-refractivity contribution in [1.29, 1.82) is 0 Å². The van der Waals surface area contributed by atoms with E-state index < -0.39 is 0 Å². The molecule has 3 N–H and O–H groups in total. The molecule has 1 aliphatic rings. The van der Waals surface area contributed by atoms with Crippen LogP contribution in [0.1, 0.15) is 46.5 Å². The molecule has 0 radical (unpaired) electrons. The van der Waals surface area contributed by atoms with Crippen LogP contribution < -0.4 is 11.1 Å². The van der Waals surface area contributed by atoms with Gasteiger partial charge in [0.15, 0.2) is 0 Å². The molecule has 3 heteroatoms. The zero-order valence-electron chi connectivity index (χ0n) is 9.52. The Bertz CT molecular complexity index is 217. The van der Waals surface area contributed by atoms with Crippen LogP contribution in [0, 0.1) is 5.41 Å². The highest BCUT2D eigenvalue weighted by Gasteiger charge is 2.37. The number of amides is 1. The highest BCUT2D eigenvalue weighted by molar-refractivity contribution is 5.83. The Morgan fingerprint density at radius 1 is 1.43 bits per heavy atom. The summed E-state index contributed by atoms with van der Waals surface area (Å²) in [5.74, 6) is 0.172. The van der Waals surface area contributed by atoms with E-state index in [0.717, 1.165) is 12.8 Å².